The molecule has 21 heavy (non-hydrogen) atoms. The molecule has 1 aromatic rings. The van der Waals surface area contributed by atoms with Gasteiger partial charge in [0, 0.05) is 18.5 Å². The molecular weight excluding hydrogens is 284 g/mol. The van der Waals surface area contributed by atoms with E-state index in [9.17, 15) is 4.79 Å². The molecule has 1 saturated heterocycles. The summed E-state index contributed by atoms with van der Waals surface area (Å²) in [4.78, 5) is 14.1. The Bertz CT molecular complexity index is 445. The van der Waals surface area contributed by atoms with Crippen LogP contribution in [0.3, 0.4) is 0 Å². The molecule has 0 spiro atoms. The molecule has 3 nitrogen and oxygen atoms in total. The van der Waals surface area contributed by atoms with Crippen molar-refractivity contribution in [3.63, 3.8) is 0 Å². The molecule has 1 saturated carbocycles. The average Bonchev–Trinajstić information content (AvgIpc) is 2.99. The summed E-state index contributed by atoms with van der Waals surface area (Å²) in [5, 5.41) is 3.09. The zero-order valence-electron chi connectivity index (χ0n) is 12.5. The first-order valence-corrected chi connectivity index (χ1v) is 8.06. The fourth-order valence-electron chi connectivity index (χ4n) is 3.88. The standard InChI is InChI=1S/C17H24N2O.ClH/c20-17(18-14-8-3-1-4-9-14)16-12-7-13-19(16)15-10-5-2-6-11-15;/h1,3-4,8-9,15-16H,2,5-7,10-13H2,(H,18,20);1H. The normalized spacial score (nSPS) is 26.1. The van der Waals surface area contributed by atoms with Gasteiger partial charge in [0.1, 0.15) is 0 Å². The number of carbonyl (C=O) groups is 1. The number of hydrogen-bond donors (Lipinski definition) is 2. The van der Waals surface area contributed by atoms with Crippen LogP contribution in [0.5, 0.6) is 0 Å². The van der Waals surface area contributed by atoms with Crippen LogP contribution in [0, 0.1) is 0 Å². The summed E-state index contributed by atoms with van der Waals surface area (Å²) >= 11 is 0. The molecule has 1 aliphatic carbocycles. The van der Waals surface area contributed by atoms with E-state index in [0.717, 1.165) is 18.2 Å². The highest BCUT2D eigenvalue weighted by Gasteiger charge is 2.39. The van der Waals surface area contributed by atoms with Gasteiger partial charge in [-0.3, -0.25) is 4.79 Å². The van der Waals surface area contributed by atoms with Crippen LogP contribution in [0.15, 0.2) is 30.3 Å². The Hall–Kier alpha value is -1.06. The van der Waals surface area contributed by atoms with Gasteiger partial charge in [-0.15, -0.1) is 0 Å². The minimum absolute atomic E-state index is 0. The molecule has 116 valence electrons. The second-order valence-electron chi connectivity index (χ2n) is 6.21. The summed E-state index contributed by atoms with van der Waals surface area (Å²) < 4.78 is 0. The molecular formula is C17H25ClN2O. The summed E-state index contributed by atoms with van der Waals surface area (Å²) in [7, 11) is 0. The number of hydrogen-bond acceptors (Lipinski definition) is 1. The van der Waals surface area contributed by atoms with Gasteiger partial charge in [0.2, 0.25) is 0 Å². The number of carbonyl (C=O) groups excluding carboxylic acids is 1. The Kier molecular flexibility index (Phi) is 6.07. The first-order valence-electron chi connectivity index (χ1n) is 8.06. The van der Waals surface area contributed by atoms with E-state index >= 15 is 0 Å². The number of halogens is 1. The molecule has 2 atom stereocenters. The first kappa shape index (κ1) is 16.3. The van der Waals surface area contributed by atoms with Crippen molar-refractivity contribution in [3.8, 4) is 0 Å². The molecule has 0 aromatic heterocycles. The van der Waals surface area contributed by atoms with Crippen LogP contribution >= 0.6 is 0 Å². The number of likely N-dealkylation sites (tertiary alicyclic amines) is 1. The number of anilines is 1. The molecule has 1 aliphatic heterocycles. The predicted octanol–water partition coefficient (Wildman–Crippen LogP) is -0.991. The van der Waals surface area contributed by atoms with Crippen molar-refractivity contribution in [2.24, 2.45) is 0 Å². The summed E-state index contributed by atoms with van der Waals surface area (Å²) in [6.07, 6.45) is 8.94. The van der Waals surface area contributed by atoms with Crippen molar-refractivity contribution in [1.29, 1.82) is 0 Å². The fraction of sp³-hybridized carbons (Fsp3) is 0.588. The first-order chi connectivity index (χ1) is 9.84. The van der Waals surface area contributed by atoms with Gasteiger partial charge in [0.15, 0.2) is 6.04 Å². The Morgan fingerprint density at radius 2 is 1.71 bits per heavy atom. The van der Waals surface area contributed by atoms with Crippen molar-refractivity contribution in [3.05, 3.63) is 30.3 Å². The lowest BCUT2D eigenvalue weighted by molar-refractivity contribution is -0.929. The summed E-state index contributed by atoms with van der Waals surface area (Å²) in [6.45, 7) is 1.18. The van der Waals surface area contributed by atoms with Crippen molar-refractivity contribution >= 4 is 11.6 Å². The molecule has 2 aliphatic rings. The molecule has 1 aromatic carbocycles. The highest BCUT2D eigenvalue weighted by atomic mass is 35.5. The minimum Gasteiger partial charge on any atom is -1.00 e. The number of amides is 1. The Labute approximate surface area is 133 Å². The van der Waals surface area contributed by atoms with Crippen LogP contribution in [0.4, 0.5) is 5.69 Å². The van der Waals surface area contributed by atoms with E-state index < -0.39 is 0 Å². The molecule has 2 unspecified atom stereocenters. The number of rotatable bonds is 3. The van der Waals surface area contributed by atoms with Crippen LogP contribution < -0.4 is 22.6 Å². The van der Waals surface area contributed by atoms with Gasteiger partial charge in [0.05, 0.1) is 12.6 Å². The van der Waals surface area contributed by atoms with E-state index in [2.05, 4.69) is 5.32 Å². The van der Waals surface area contributed by atoms with E-state index in [1.54, 1.807) is 4.90 Å². The summed E-state index contributed by atoms with van der Waals surface area (Å²) in [6, 6.07) is 10.7. The second-order valence-corrected chi connectivity index (χ2v) is 6.21. The Balaban J connectivity index is 0.00000161. The van der Waals surface area contributed by atoms with Crippen molar-refractivity contribution in [1.82, 2.24) is 0 Å². The van der Waals surface area contributed by atoms with Crippen LogP contribution in [0.1, 0.15) is 44.9 Å². The number of benzene rings is 1. The van der Waals surface area contributed by atoms with E-state index in [1.807, 2.05) is 30.3 Å². The van der Waals surface area contributed by atoms with E-state index in [4.69, 9.17) is 0 Å². The molecule has 2 fully saturated rings. The Morgan fingerprint density at radius 3 is 2.43 bits per heavy atom. The molecule has 2 N–H and O–H groups in total. The van der Waals surface area contributed by atoms with Gasteiger partial charge >= 0.3 is 0 Å². The minimum atomic E-state index is 0. The molecule has 0 bridgehead atoms. The highest BCUT2D eigenvalue weighted by Crippen LogP contribution is 2.18. The van der Waals surface area contributed by atoms with Crippen LogP contribution in [-0.2, 0) is 4.79 Å². The van der Waals surface area contributed by atoms with E-state index in [1.165, 1.54) is 45.1 Å². The smallest absolute Gasteiger partial charge is 0.282 e. The third-order valence-corrected chi connectivity index (χ3v) is 4.89. The van der Waals surface area contributed by atoms with Crippen molar-refractivity contribution in [2.75, 3.05) is 11.9 Å². The fourth-order valence-corrected chi connectivity index (χ4v) is 3.88. The molecule has 4 heteroatoms. The van der Waals surface area contributed by atoms with Gasteiger partial charge < -0.3 is 22.6 Å². The van der Waals surface area contributed by atoms with Gasteiger partial charge in [-0.25, -0.2) is 0 Å². The maximum absolute atomic E-state index is 12.5. The number of para-hydroxylation sites is 1. The highest BCUT2D eigenvalue weighted by molar-refractivity contribution is 5.93. The lowest BCUT2D eigenvalue weighted by Crippen LogP contribution is -3.18. The maximum atomic E-state index is 12.5. The third kappa shape index (κ3) is 3.98. The zero-order chi connectivity index (χ0) is 13.8. The molecule has 3 rings (SSSR count). The summed E-state index contributed by atoms with van der Waals surface area (Å²) in [5.74, 6) is 0.217. The van der Waals surface area contributed by atoms with Gasteiger partial charge in [-0.2, -0.15) is 0 Å². The SMILES string of the molecule is O=C(Nc1ccccc1)C1CCC[NH+]1C1CCCCC1.[Cl-]. The topological polar surface area (TPSA) is 33.5 Å². The number of quaternary nitrogens is 1. The van der Waals surface area contributed by atoms with Crippen molar-refractivity contribution < 1.29 is 22.1 Å². The van der Waals surface area contributed by atoms with E-state index in [0.29, 0.717) is 0 Å². The maximum Gasteiger partial charge on any atom is 0.282 e. The molecule has 1 heterocycles. The summed E-state index contributed by atoms with van der Waals surface area (Å²) in [5.41, 5.74) is 0.924. The molecule has 0 radical (unpaired) electrons. The van der Waals surface area contributed by atoms with Gasteiger partial charge in [0.25, 0.3) is 5.91 Å². The van der Waals surface area contributed by atoms with Gasteiger partial charge in [-0.05, 0) is 37.8 Å². The Morgan fingerprint density at radius 1 is 1.00 bits per heavy atom. The third-order valence-electron chi connectivity index (χ3n) is 4.89. The lowest BCUT2D eigenvalue weighted by Gasteiger charge is -2.31. The predicted molar refractivity (Wildman–Crippen MR) is 80.8 cm³/mol. The monoisotopic (exact) mass is 308 g/mol. The largest absolute Gasteiger partial charge is 1.00 e. The van der Waals surface area contributed by atoms with Crippen LogP contribution in [0.2, 0.25) is 0 Å². The average molecular weight is 309 g/mol. The van der Waals surface area contributed by atoms with Crippen LogP contribution in [0.25, 0.3) is 0 Å². The zero-order valence-corrected chi connectivity index (χ0v) is 13.2. The second kappa shape index (κ2) is 7.81. The number of nitrogens with one attached hydrogen (secondary N) is 2. The van der Waals surface area contributed by atoms with Crippen LogP contribution in [-0.4, -0.2) is 24.5 Å². The van der Waals surface area contributed by atoms with E-state index in [-0.39, 0.29) is 24.4 Å². The lowest BCUT2D eigenvalue weighted by atomic mass is 9.93. The molecule has 1 amide bonds. The van der Waals surface area contributed by atoms with Crippen molar-refractivity contribution in [2.45, 2.75) is 57.0 Å². The quantitative estimate of drug-likeness (QED) is 0.739. The van der Waals surface area contributed by atoms with Gasteiger partial charge in [-0.1, -0.05) is 24.6 Å².